The second-order valence-electron chi connectivity index (χ2n) is 7.27. The lowest BCUT2D eigenvalue weighted by Crippen LogP contribution is -2.50. The molecule has 9 nitrogen and oxygen atoms in total. The second-order valence-corrected chi connectivity index (χ2v) is 9.08. The van der Waals surface area contributed by atoms with Crippen LogP contribution < -0.4 is 10.2 Å². The van der Waals surface area contributed by atoms with Gasteiger partial charge in [-0.3, -0.25) is 9.59 Å². The highest BCUT2D eigenvalue weighted by atomic mass is 32.2. The van der Waals surface area contributed by atoms with Crippen LogP contribution in [0.5, 0.6) is 0 Å². The number of anilines is 1. The number of carbonyl (C=O) groups excluding carboxylic acids is 2. The molecule has 11 heteroatoms. The summed E-state index contributed by atoms with van der Waals surface area (Å²) in [5.74, 6) is 2.68. The molecule has 3 saturated heterocycles. The molecule has 1 aromatic rings. The van der Waals surface area contributed by atoms with E-state index in [1.165, 1.54) is 11.5 Å². The van der Waals surface area contributed by atoms with Crippen LogP contribution in [0.15, 0.2) is 0 Å². The van der Waals surface area contributed by atoms with Crippen LogP contribution >= 0.6 is 23.3 Å². The normalized spacial score (nSPS) is 25.5. The van der Waals surface area contributed by atoms with Crippen molar-refractivity contribution < 1.29 is 14.3 Å². The molecule has 0 aromatic carbocycles. The van der Waals surface area contributed by atoms with Crippen molar-refractivity contribution >= 4 is 40.2 Å². The summed E-state index contributed by atoms with van der Waals surface area (Å²) in [6, 6.07) is -0.213. The number of piperazine rings is 1. The maximum atomic E-state index is 12.9. The Morgan fingerprint density at radius 2 is 2.00 bits per heavy atom. The van der Waals surface area contributed by atoms with Crippen LogP contribution in [0.1, 0.15) is 12.2 Å². The molecule has 154 valence electrons. The van der Waals surface area contributed by atoms with Gasteiger partial charge in [0.25, 0.3) is 0 Å². The standard InChI is InChI=1S/C17H26N6O3S2/c1-26-10-14-19-17(28-20-14)22-4-2-21(3-5-22)15(24)12-8-13(18-9-12)16(25)23-6-7-27-11-23/h12-13,18H,2-11H2,1H3/t12-,13-/m0/s1. The third-order valence-electron chi connectivity index (χ3n) is 5.44. The Morgan fingerprint density at radius 1 is 1.18 bits per heavy atom. The van der Waals surface area contributed by atoms with Crippen molar-refractivity contribution in [3.63, 3.8) is 0 Å². The molecular weight excluding hydrogens is 400 g/mol. The molecule has 0 spiro atoms. The Kier molecular flexibility index (Phi) is 6.34. The van der Waals surface area contributed by atoms with E-state index in [-0.39, 0.29) is 23.8 Å². The van der Waals surface area contributed by atoms with Gasteiger partial charge in [-0.15, -0.1) is 11.8 Å². The smallest absolute Gasteiger partial charge is 0.240 e. The first kappa shape index (κ1) is 19.9. The van der Waals surface area contributed by atoms with Gasteiger partial charge in [0.15, 0.2) is 5.82 Å². The number of ether oxygens (including phenoxy) is 1. The van der Waals surface area contributed by atoms with Gasteiger partial charge in [0.05, 0.1) is 17.8 Å². The van der Waals surface area contributed by atoms with Gasteiger partial charge in [-0.05, 0) is 6.42 Å². The highest BCUT2D eigenvalue weighted by Crippen LogP contribution is 2.24. The van der Waals surface area contributed by atoms with Gasteiger partial charge < -0.3 is 24.8 Å². The van der Waals surface area contributed by atoms with Crippen LogP contribution in [0.4, 0.5) is 5.13 Å². The fourth-order valence-electron chi connectivity index (χ4n) is 3.86. The van der Waals surface area contributed by atoms with Gasteiger partial charge in [0.1, 0.15) is 6.61 Å². The van der Waals surface area contributed by atoms with E-state index in [2.05, 4.69) is 19.6 Å². The van der Waals surface area contributed by atoms with E-state index in [0.29, 0.717) is 38.5 Å². The molecule has 1 aromatic heterocycles. The first-order chi connectivity index (χ1) is 13.7. The molecular formula is C17H26N6O3S2. The van der Waals surface area contributed by atoms with Crippen molar-refractivity contribution in [3.05, 3.63) is 5.82 Å². The quantitative estimate of drug-likeness (QED) is 0.695. The molecule has 28 heavy (non-hydrogen) atoms. The molecule has 0 saturated carbocycles. The Morgan fingerprint density at radius 3 is 2.71 bits per heavy atom. The van der Waals surface area contributed by atoms with Crippen LogP contribution in [0, 0.1) is 5.92 Å². The van der Waals surface area contributed by atoms with Gasteiger partial charge in [0.2, 0.25) is 16.9 Å². The molecule has 2 atom stereocenters. The summed E-state index contributed by atoms with van der Waals surface area (Å²) in [4.78, 5) is 35.9. The molecule has 0 bridgehead atoms. The summed E-state index contributed by atoms with van der Waals surface area (Å²) in [5.41, 5.74) is 0. The lowest BCUT2D eigenvalue weighted by atomic mass is 10.0. The van der Waals surface area contributed by atoms with Gasteiger partial charge in [-0.1, -0.05) is 0 Å². The SMILES string of the molecule is COCc1nsc(N2CCN(C(=O)[C@@H]3CN[C@H](C(=O)N4CCSC4)C3)CC2)n1. The fraction of sp³-hybridized carbons (Fsp3) is 0.765. The van der Waals surface area contributed by atoms with E-state index in [4.69, 9.17) is 4.74 Å². The third kappa shape index (κ3) is 4.27. The lowest BCUT2D eigenvalue weighted by Gasteiger charge is -2.35. The van der Waals surface area contributed by atoms with Gasteiger partial charge >= 0.3 is 0 Å². The number of hydrogen-bond acceptors (Lipinski definition) is 9. The summed E-state index contributed by atoms with van der Waals surface area (Å²) in [5, 5.41) is 4.15. The number of methoxy groups -OCH3 is 1. The zero-order chi connectivity index (χ0) is 19.5. The average molecular weight is 427 g/mol. The Balaban J connectivity index is 1.26. The Hall–Kier alpha value is -1.43. The van der Waals surface area contributed by atoms with Gasteiger partial charge in [-0.25, -0.2) is 4.98 Å². The molecule has 3 aliphatic heterocycles. The van der Waals surface area contributed by atoms with Gasteiger partial charge in [-0.2, -0.15) is 4.37 Å². The van der Waals surface area contributed by atoms with E-state index in [0.717, 1.165) is 36.4 Å². The molecule has 1 N–H and O–H groups in total. The van der Waals surface area contributed by atoms with E-state index in [1.807, 2.05) is 9.80 Å². The number of rotatable bonds is 5. The monoisotopic (exact) mass is 426 g/mol. The average Bonchev–Trinajstić information content (AvgIpc) is 3.49. The first-order valence-corrected chi connectivity index (χ1v) is 11.5. The van der Waals surface area contributed by atoms with Crippen LogP contribution in [-0.4, -0.2) is 95.0 Å². The van der Waals surface area contributed by atoms with Crippen LogP contribution in [-0.2, 0) is 20.9 Å². The maximum absolute atomic E-state index is 12.9. The summed E-state index contributed by atoms with van der Waals surface area (Å²) in [6.45, 7) is 4.68. The molecule has 4 rings (SSSR count). The minimum Gasteiger partial charge on any atom is -0.377 e. The molecule has 0 aliphatic carbocycles. The second kappa shape index (κ2) is 8.93. The maximum Gasteiger partial charge on any atom is 0.240 e. The third-order valence-corrected chi connectivity index (χ3v) is 7.22. The van der Waals surface area contributed by atoms with Crippen LogP contribution in [0.25, 0.3) is 0 Å². The molecule has 0 radical (unpaired) electrons. The van der Waals surface area contributed by atoms with Crippen LogP contribution in [0.2, 0.25) is 0 Å². The van der Waals surface area contributed by atoms with E-state index in [9.17, 15) is 9.59 Å². The van der Waals surface area contributed by atoms with Crippen molar-refractivity contribution in [1.29, 1.82) is 0 Å². The number of aromatic nitrogens is 2. The number of nitrogens with one attached hydrogen (secondary N) is 1. The minimum absolute atomic E-state index is 0.106. The zero-order valence-electron chi connectivity index (χ0n) is 16.0. The largest absolute Gasteiger partial charge is 0.377 e. The van der Waals surface area contributed by atoms with E-state index < -0.39 is 0 Å². The number of carbonyl (C=O) groups is 2. The van der Waals surface area contributed by atoms with Crippen molar-refractivity contribution in [2.75, 3.05) is 62.9 Å². The highest BCUT2D eigenvalue weighted by molar-refractivity contribution is 7.99. The number of nitrogens with zero attached hydrogens (tertiary/aromatic N) is 5. The predicted molar refractivity (Wildman–Crippen MR) is 108 cm³/mol. The van der Waals surface area contributed by atoms with Crippen molar-refractivity contribution in [1.82, 2.24) is 24.5 Å². The summed E-state index contributed by atoms with van der Waals surface area (Å²) >= 11 is 3.16. The lowest BCUT2D eigenvalue weighted by molar-refractivity contribution is -0.135. The Labute approximate surface area is 172 Å². The summed E-state index contributed by atoms with van der Waals surface area (Å²) in [6.07, 6.45) is 0.607. The molecule has 3 aliphatic rings. The number of hydrogen-bond donors (Lipinski definition) is 1. The number of thioether (sulfide) groups is 1. The summed E-state index contributed by atoms with van der Waals surface area (Å²) in [7, 11) is 1.63. The molecule has 2 amide bonds. The first-order valence-electron chi connectivity index (χ1n) is 9.61. The zero-order valence-corrected chi connectivity index (χ0v) is 17.6. The number of amides is 2. The van der Waals surface area contributed by atoms with Gasteiger partial charge in [0, 0.05) is 63.7 Å². The fourth-order valence-corrected chi connectivity index (χ4v) is 5.54. The van der Waals surface area contributed by atoms with Crippen molar-refractivity contribution in [3.8, 4) is 0 Å². The predicted octanol–water partition coefficient (Wildman–Crippen LogP) is -0.156. The van der Waals surface area contributed by atoms with E-state index in [1.54, 1.807) is 18.9 Å². The minimum atomic E-state index is -0.213. The Bertz CT molecular complexity index is 703. The molecule has 4 heterocycles. The van der Waals surface area contributed by atoms with E-state index >= 15 is 0 Å². The highest BCUT2D eigenvalue weighted by Gasteiger charge is 2.38. The van der Waals surface area contributed by atoms with Crippen LogP contribution in [0.3, 0.4) is 0 Å². The van der Waals surface area contributed by atoms with Crippen molar-refractivity contribution in [2.45, 2.75) is 19.1 Å². The topological polar surface area (TPSA) is 90.9 Å². The molecule has 0 unspecified atom stereocenters. The summed E-state index contributed by atoms with van der Waals surface area (Å²) < 4.78 is 9.36. The van der Waals surface area contributed by atoms with Crippen molar-refractivity contribution in [2.24, 2.45) is 5.92 Å². The molecule has 3 fully saturated rings.